The molecule has 142 valence electrons. The topological polar surface area (TPSA) is 47.6 Å². The van der Waals surface area contributed by atoms with Crippen LogP contribution in [0.25, 0.3) is 0 Å². The quantitative estimate of drug-likeness (QED) is 0.696. The summed E-state index contributed by atoms with van der Waals surface area (Å²) in [5.41, 5.74) is 1.49. The molecule has 2 heterocycles. The zero-order chi connectivity index (χ0) is 18.9. The highest BCUT2D eigenvalue weighted by Gasteiger charge is 2.36. The van der Waals surface area contributed by atoms with Gasteiger partial charge in [0.25, 0.3) is 0 Å². The van der Waals surface area contributed by atoms with Gasteiger partial charge in [0.1, 0.15) is 0 Å². The van der Waals surface area contributed by atoms with Crippen LogP contribution in [0.3, 0.4) is 0 Å². The van der Waals surface area contributed by atoms with Crippen molar-refractivity contribution in [2.45, 2.75) is 44.3 Å². The third kappa shape index (κ3) is 4.29. The monoisotopic (exact) mass is 457 g/mol. The van der Waals surface area contributed by atoms with Gasteiger partial charge in [0.05, 0.1) is 39.4 Å². The summed E-state index contributed by atoms with van der Waals surface area (Å²) in [7, 11) is -1.23. The lowest BCUT2D eigenvalue weighted by molar-refractivity contribution is -0.0413. The molecule has 1 aromatic carbocycles. The average Bonchev–Trinajstić information content (AvgIpc) is 3.25. The van der Waals surface area contributed by atoms with E-state index in [2.05, 4.69) is 51.2 Å². The molecule has 4 nitrogen and oxygen atoms in total. The van der Waals surface area contributed by atoms with Crippen LogP contribution in [0.15, 0.2) is 40.2 Å². The zero-order valence-electron chi connectivity index (χ0n) is 15.4. The van der Waals surface area contributed by atoms with Gasteiger partial charge in [0.2, 0.25) is 0 Å². The standard InChI is InChI=1S/C19H24BrNO3S2/c1-18(2,3)26(22)21-19(4,13-6-5-7-15(20)10-13)14-11-16(25-12-14)17-23-8-9-24-17/h5-7,10-12,17,21H,8-9H2,1-4H3/t19-,26?/m1/s1. The first-order valence-corrected chi connectivity index (χ1v) is 11.3. The van der Waals surface area contributed by atoms with Crippen molar-refractivity contribution in [3.05, 3.63) is 56.2 Å². The molecule has 1 N–H and O–H groups in total. The second kappa shape index (κ2) is 7.81. The molecule has 1 aliphatic rings. The normalized spacial score (nSPS) is 19.4. The van der Waals surface area contributed by atoms with E-state index in [0.717, 1.165) is 20.5 Å². The number of hydrogen-bond donors (Lipinski definition) is 1. The second-order valence-corrected chi connectivity index (χ2v) is 11.3. The molecule has 1 fully saturated rings. The molecular formula is C19H24BrNO3S2. The van der Waals surface area contributed by atoms with Crippen molar-refractivity contribution in [2.24, 2.45) is 0 Å². The Morgan fingerprint density at radius 2 is 1.85 bits per heavy atom. The first-order chi connectivity index (χ1) is 12.2. The Morgan fingerprint density at radius 1 is 1.15 bits per heavy atom. The Balaban J connectivity index is 2.01. The van der Waals surface area contributed by atoms with Crippen LogP contribution in [0.2, 0.25) is 0 Å². The zero-order valence-corrected chi connectivity index (χ0v) is 18.6. The number of benzene rings is 1. The molecule has 3 rings (SSSR count). The van der Waals surface area contributed by atoms with Gasteiger partial charge in [-0.3, -0.25) is 0 Å². The van der Waals surface area contributed by atoms with Gasteiger partial charge in [-0.05, 0) is 62.4 Å². The maximum absolute atomic E-state index is 12.9. The van der Waals surface area contributed by atoms with Crippen LogP contribution in [0, 0.1) is 0 Å². The van der Waals surface area contributed by atoms with Gasteiger partial charge in [-0.15, -0.1) is 11.3 Å². The fraction of sp³-hybridized carbons (Fsp3) is 0.474. The van der Waals surface area contributed by atoms with Crippen molar-refractivity contribution in [1.29, 1.82) is 0 Å². The van der Waals surface area contributed by atoms with Gasteiger partial charge in [-0.25, -0.2) is 8.93 Å². The van der Waals surface area contributed by atoms with E-state index in [-0.39, 0.29) is 11.0 Å². The molecule has 1 aliphatic heterocycles. The van der Waals surface area contributed by atoms with Gasteiger partial charge in [-0.2, -0.15) is 0 Å². The summed E-state index contributed by atoms with van der Waals surface area (Å²) in [4.78, 5) is 1.03. The predicted octanol–water partition coefficient (Wildman–Crippen LogP) is 4.87. The van der Waals surface area contributed by atoms with E-state index in [1.165, 1.54) is 0 Å². The van der Waals surface area contributed by atoms with E-state index in [0.29, 0.717) is 13.2 Å². The summed E-state index contributed by atoms with van der Waals surface area (Å²) in [5, 5.41) is 2.09. The number of rotatable bonds is 5. The van der Waals surface area contributed by atoms with E-state index in [1.807, 2.05) is 32.9 Å². The number of ether oxygens (including phenoxy) is 2. The Morgan fingerprint density at radius 3 is 2.46 bits per heavy atom. The first-order valence-electron chi connectivity index (χ1n) is 8.48. The van der Waals surface area contributed by atoms with Gasteiger partial charge < -0.3 is 9.47 Å². The van der Waals surface area contributed by atoms with Crippen LogP contribution in [-0.4, -0.2) is 22.2 Å². The molecule has 2 atom stereocenters. The molecule has 0 radical (unpaired) electrons. The Labute approximate surface area is 170 Å². The summed E-state index contributed by atoms with van der Waals surface area (Å²) in [5.74, 6) is 0. The first kappa shape index (κ1) is 20.2. The Bertz CT molecular complexity index is 796. The van der Waals surface area contributed by atoms with E-state index in [1.54, 1.807) is 11.3 Å². The third-order valence-corrected chi connectivity index (χ3v) is 7.46. The Hall–Kier alpha value is -0.570. The summed E-state index contributed by atoms with van der Waals surface area (Å²) in [6.07, 6.45) is -0.298. The number of thiophene rings is 1. The third-order valence-electron chi connectivity index (χ3n) is 4.31. The molecule has 0 bridgehead atoms. The SMILES string of the molecule is CC(C)(C)S(=O)N[C@](C)(c1cccc(Br)c1)c1csc(C2OCCO2)c1. The molecule has 26 heavy (non-hydrogen) atoms. The van der Waals surface area contributed by atoms with Crippen molar-refractivity contribution in [1.82, 2.24) is 4.72 Å². The summed E-state index contributed by atoms with van der Waals surface area (Å²) >= 11 is 5.16. The molecule has 0 saturated carbocycles. The number of hydrogen-bond acceptors (Lipinski definition) is 4. The molecular weight excluding hydrogens is 434 g/mol. The lowest BCUT2D eigenvalue weighted by atomic mass is 9.87. The molecule has 2 aromatic rings. The minimum atomic E-state index is -1.23. The van der Waals surface area contributed by atoms with Gasteiger partial charge in [0, 0.05) is 4.47 Å². The highest BCUT2D eigenvalue weighted by molar-refractivity contribution is 9.10. The molecule has 0 aliphatic carbocycles. The van der Waals surface area contributed by atoms with Crippen LogP contribution in [0.5, 0.6) is 0 Å². The van der Waals surface area contributed by atoms with Crippen LogP contribution in [0.1, 0.15) is 50.0 Å². The largest absolute Gasteiger partial charge is 0.345 e. The highest BCUT2D eigenvalue weighted by Crippen LogP contribution is 2.38. The number of nitrogens with one attached hydrogen (secondary N) is 1. The molecule has 0 amide bonds. The molecule has 0 spiro atoms. The van der Waals surface area contributed by atoms with Crippen molar-refractivity contribution in [3.8, 4) is 0 Å². The Kier molecular flexibility index (Phi) is 6.06. The maximum atomic E-state index is 12.9. The van der Waals surface area contributed by atoms with Crippen LogP contribution >= 0.6 is 27.3 Å². The fourth-order valence-corrected chi connectivity index (χ4v) is 5.00. The smallest absolute Gasteiger partial charge is 0.193 e. The second-order valence-electron chi connectivity index (χ2n) is 7.43. The van der Waals surface area contributed by atoms with Gasteiger partial charge in [-0.1, -0.05) is 28.1 Å². The average molecular weight is 458 g/mol. The summed E-state index contributed by atoms with van der Waals surface area (Å²) < 4.78 is 28.2. The minimum absolute atomic E-state index is 0.298. The lowest BCUT2D eigenvalue weighted by Gasteiger charge is -2.33. The van der Waals surface area contributed by atoms with Crippen LogP contribution in [0.4, 0.5) is 0 Å². The van der Waals surface area contributed by atoms with Gasteiger partial charge >= 0.3 is 0 Å². The molecule has 1 unspecified atom stereocenters. The maximum Gasteiger partial charge on any atom is 0.193 e. The van der Waals surface area contributed by atoms with E-state index in [4.69, 9.17) is 9.47 Å². The van der Waals surface area contributed by atoms with Crippen LogP contribution < -0.4 is 4.72 Å². The molecule has 1 saturated heterocycles. The summed E-state index contributed by atoms with van der Waals surface area (Å²) in [6.45, 7) is 9.21. The van der Waals surface area contributed by atoms with Crippen molar-refractivity contribution >= 4 is 38.3 Å². The van der Waals surface area contributed by atoms with Crippen molar-refractivity contribution in [2.75, 3.05) is 13.2 Å². The number of halogens is 1. The lowest BCUT2D eigenvalue weighted by Crippen LogP contribution is -2.46. The highest BCUT2D eigenvalue weighted by atomic mass is 79.9. The summed E-state index contributed by atoms with van der Waals surface area (Å²) in [6, 6.07) is 10.2. The fourth-order valence-electron chi connectivity index (χ4n) is 2.68. The van der Waals surface area contributed by atoms with Crippen molar-refractivity contribution < 1.29 is 13.7 Å². The van der Waals surface area contributed by atoms with E-state index < -0.39 is 16.5 Å². The van der Waals surface area contributed by atoms with Crippen LogP contribution in [-0.2, 0) is 26.0 Å². The van der Waals surface area contributed by atoms with Gasteiger partial charge in [0.15, 0.2) is 6.29 Å². The molecule has 7 heteroatoms. The minimum Gasteiger partial charge on any atom is -0.345 e. The van der Waals surface area contributed by atoms with E-state index in [9.17, 15) is 4.21 Å². The van der Waals surface area contributed by atoms with E-state index >= 15 is 0 Å². The molecule has 1 aromatic heterocycles. The van der Waals surface area contributed by atoms with Crippen molar-refractivity contribution in [3.63, 3.8) is 0 Å². The predicted molar refractivity (Wildman–Crippen MR) is 111 cm³/mol.